The largest absolute Gasteiger partial charge is 0.465 e. The zero-order chi connectivity index (χ0) is 16.7. The summed E-state index contributed by atoms with van der Waals surface area (Å²) < 4.78 is 11.1. The first-order valence-corrected chi connectivity index (χ1v) is 9.48. The maximum absolute atomic E-state index is 10.6. The highest BCUT2D eigenvalue weighted by Crippen LogP contribution is 2.23. The third kappa shape index (κ3) is 5.54. The summed E-state index contributed by atoms with van der Waals surface area (Å²) in [6.07, 6.45) is -1.14. The number of aromatic amines is 1. The molecule has 1 heterocycles. The number of carbonyl (C=O) groups is 1. The molecule has 0 saturated heterocycles. The molecule has 1 amide bonds. The molecular formula is C14H19N3O4SSi. The smallest absolute Gasteiger partial charge is 0.411 e. The van der Waals surface area contributed by atoms with Crippen molar-refractivity contribution in [1.82, 2.24) is 9.97 Å². The number of nitrogens with one attached hydrogen (secondary N) is 2. The van der Waals surface area contributed by atoms with Gasteiger partial charge in [0.15, 0.2) is 0 Å². The van der Waals surface area contributed by atoms with E-state index in [1.165, 1.54) is 0 Å². The molecule has 0 aliphatic carbocycles. The van der Waals surface area contributed by atoms with Crippen LogP contribution in [-0.2, 0) is 9.47 Å². The van der Waals surface area contributed by atoms with E-state index < -0.39 is 6.09 Å². The van der Waals surface area contributed by atoms with E-state index >= 15 is 0 Å². The minimum absolute atomic E-state index is 0.139. The average Bonchev–Trinajstić information content (AvgIpc) is 2.88. The maximum Gasteiger partial charge on any atom is 0.411 e. The molecule has 0 unspecified atom stereocenters. The molecule has 2 radical (unpaired) electrons. The lowest BCUT2D eigenvalue weighted by Crippen LogP contribution is -2.26. The van der Waals surface area contributed by atoms with Crippen LogP contribution in [0.1, 0.15) is 13.8 Å². The molecule has 0 fully saturated rings. The van der Waals surface area contributed by atoms with Gasteiger partial charge < -0.3 is 19.6 Å². The van der Waals surface area contributed by atoms with E-state index in [-0.39, 0.29) is 11.9 Å². The SMILES string of the molecule is CCOC(OCC)[Si]CSc1ccc2nc(NC(=O)O)[nH]c2c1. The summed E-state index contributed by atoms with van der Waals surface area (Å²) in [5.74, 6) is 0.0871. The first-order chi connectivity index (χ1) is 11.1. The number of rotatable bonds is 9. The van der Waals surface area contributed by atoms with E-state index in [2.05, 4.69) is 15.3 Å². The number of anilines is 1. The number of nitrogens with zero attached hydrogens (tertiary/aromatic N) is 1. The number of carboxylic acid groups (broad SMARTS) is 1. The van der Waals surface area contributed by atoms with Crippen molar-refractivity contribution >= 4 is 44.4 Å². The Kier molecular flexibility index (Phi) is 6.90. The van der Waals surface area contributed by atoms with Gasteiger partial charge in [-0.3, -0.25) is 5.32 Å². The van der Waals surface area contributed by atoms with E-state index in [4.69, 9.17) is 14.6 Å². The van der Waals surface area contributed by atoms with Crippen molar-refractivity contribution in [1.29, 1.82) is 0 Å². The van der Waals surface area contributed by atoms with Gasteiger partial charge in [-0.2, -0.15) is 0 Å². The molecule has 0 aliphatic heterocycles. The molecule has 2 rings (SSSR count). The summed E-state index contributed by atoms with van der Waals surface area (Å²) >= 11 is 1.71. The Morgan fingerprint density at radius 2 is 2.17 bits per heavy atom. The third-order valence-electron chi connectivity index (χ3n) is 2.80. The second-order valence-corrected chi connectivity index (χ2v) is 7.22. The zero-order valence-corrected chi connectivity index (χ0v) is 14.8. The van der Waals surface area contributed by atoms with E-state index in [0.717, 1.165) is 21.3 Å². The van der Waals surface area contributed by atoms with E-state index in [1.807, 2.05) is 32.0 Å². The number of thioether (sulfide) groups is 1. The second-order valence-electron chi connectivity index (χ2n) is 4.43. The minimum Gasteiger partial charge on any atom is -0.465 e. The first-order valence-electron chi connectivity index (χ1n) is 7.21. The van der Waals surface area contributed by atoms with Crippen LogP contribution in [0.4, 0.5) is 10.7 Å². The van der Waals surface area contributed by atoms with Gasteiger partial charge in [0.2, 0.25) is 5.95 Å². The predicted octanol–water partition coefficient (Wildman–Crippen LogP) is 2.76. The van der Waals surface area contributed by atoms with Crippen LogP contribution >= 0.6 is 11.8 Å². The molecule has 0 spiro atoms. The lowest BCUT2D eigenvalue weighted by Gasteiger charge is -2.15. The number of amides is 1. The van der Waals surface area contributed by atoms with Crippen LogP contribution < -0.4 is 5.32 Å². The molecule has 7 nitrogen and oxygen atoms in total. The number of imidazole rings is 1. The van der Waals surface area contributed by atoms with E-state index in [9.17, 15) is 4.79 Å². The van der Waals surface area contributed by atoms with Gasteiger partial charge in [0.25, 0.3) is 0 Å². The molecule has 1 aromatic carbocycles. The van der Waals surface area contributed by atoms with Crippen molar-refractivity contribution in [3.8, 4) is 0 Å². The summed E-state index contributed by atoms with van der Waals surface area (Å²) in [6.45, 7) is 5.20. The summed E-state index contributed by atoms with van der Waals surface area (Å²) in [4.78, 5) is 18.8. The Bertz CT molecular complexity index is 646. The van der Waals surface area contributed by atoms with Gasteiger partial charge >= 0.3 is 6.09 Å². The highest BCUT2D eigenvalue weighted by atomic mass is 32.2. The van der Waals surface area contributed by atoms with Crippen LogP contribution in [0.2, 0.25) is 0 Å². The predicted molar refractivity (Wildman–Crippen MR) is 91.3 cm³/mol. The Balaban J connectivity index is 1.93. The Hall–Kier alpha value is -1.55. The molecular weight excluding hydrogens is 334 g/mol. The quantitative estimate of drug-likeness (QED) is 0.364. The summed E-state index contributed by atoms with van der Waals surface area (Å²) in [6, 6.07) is 5.80. The molecule has 124 valence electrons. The summed E-state index contributed by atoms with van der Waals surface area (Å²) in [5.41, 5.74) is 1.52. The van der Waals surface area contributed by atoms with Crippen LogP contribution in [0.25, 0.3) is 11.0 Å². The number of fused-ring (bicyclic) bond motifs is 1. The van der Waals surface area contributed by atoms with Gasteiger partial charge in [0, 0.05) is 18.1 Å². The Morgan fingerprint density at radius 1 is 1.43 bits per heavy atom. The lowest BCUT2D eigenvalue weighted by molar-refractivity contribution is -0.0823. The van der Waals surface area contributed by atoms with Crippen LogP contribution in [0.5, 0.6) is 0 Å². The normalized spacial score (nSPS) is 11.3. The molecule has 0 aliphatic rings. The molecule has 3 N–H and O–H groups in total. The number of aromatic nitrogens is 2. The highest BCUT2D eigenvalue weighted by molar-refractivity contribution is 8.00. The minimum atomic E-state index is -1.14. The molecule has 1 aromatic heterocycles. The fourth-order valence-corrected chi connectivity index (χ4v) is 4.38. The fourth-order valence-electron chi connectivity index (χ4n) is 1.90. The van der Waals surface area contributed by atoms with Crippen LogP contribution in [0.15, 0.2) is 23.1 Å². The van der Waals surface area contributed by atoms with Gasteiger partial charge in [0.05, 0.1) is 11.0 Å². The topological polar surface area (TPSA) is 96.5 Å². The maximum atomic E-state index is 10.6. The van der Waals surface area contributed by atoms with E-state index in [0.29, 0.717) is 22.7 Å². The fraction of sp³-hybridized carbons (Fsp3) is 0.429. The first kappa shape index (κ1) is 17.8. The Morgan fingerprint density at radius 3 is 2.83 bits per heavy atom. The zero-order valence-electron chi connectivity index (χ0n) is 13.0. The van der Waals surface area contributed by atoms with E-state index in [1.54, 1.807) is 11.8 Å². The number of hydrogen-bond acceptors (Lipinski definition) is 5. The van der Waals surface area contributed by atoms with Crippen LogP contribution in [-0.4, -0.2) is 55.2 Å². The van der Waals surface area contributed by atoms with Crippen molar-refractivity contribution in [3.63, 3.8) is 0 Å². The third-order valence-corrected chi connectivity index (χ3v) is 5.30. The van der Waals surface area contributed by atoms with Gasteiger partial charge in [0.1, 0.15) is 15.4 Å². The van der Waals surface area contributed by atoms with Crippen molar-refractivity contribution in [2.75, 3.05) is 23.9 Å². The Labute approximate surface area is 141 Å². The number of hydrogen-bond donors (Lipinski definition) is 3. The average molecular weight is 353 g/mol. The molecule has 0 atom stereocenters. The number of benzene rings is 1. The highest BCUT2D eigenvalue weighted by Gasteiger charge is 2.10. The van der Waals surface area contributed by atoms with Crippen molar-refractivity contribution in [2.45, 2.75) is 24.7 Å². The summed E-state index contributed by atoms with van der Waals surface area (Å²) in [5, 5.41) is 11.8. The lowest BCUT2D eigenvalue weighted by atomic mass is 10.3. The second kappa shape index (κ2) is 8.92. The monoisotopic (exact) mass is 353 g/mol. The molecule has 2 aromatic rings. The molecule has 0 bridgehead atoms. The summed E-state index contributed by atoms with van der Waals surface area (Å²) in [7, 11) is 0.544. The standard InChI is InChI=1S/C14H19N3O4SSi/c1-3-20-14(21-4-2)23-8-22-9-5-6-10-11(7-9)16-12(15-10)17-13(18)19/h5-7,14H,3-4,8H2,1-2H3,(H,18,19)(H2,15,16,17). The molecule has 9 heteroatoms. The van der Waals surface area contributed by atoms with Crippen molar-refractivity contribution in [3.05, 3.63) is 18.2 Å². The molecule has 23 heavy (non-hydrogen) atoms. The number of H-pyrrole nitrogens is 1. The van der Waals surface area contributed by atoms with Crippen LogP contribution in [0.3, 0.4) is 0 Å². The molecule has 0 saturated carbocycles. The van der Waals surface area contributed by atoms with Crippen LogP contribution in [0, 0.1) is 0 Å². The van der Waals surface area contributed by atoms with Crippen molar-refractivity contribution < 1.29 is 19.4 Å². The van der Waals surface area contributed by atoms with Gasteiger partial charge in [-0.05, 0) is 37.4 Å². The number of ether oxygens (including phenoxy) is 2. The van der Waals surface area contributed by atoms with Crippen molar-refractivity contribution in [2.24, 2.45) is 0 Å². The van der Waals surface area contributed by atoms with Gasteiger partial charge in [-0.25, -0.2) is 9.78 Å². The van der Waals surface area contributed by atoms with Gasteiger partial charge in [-0.1, -0.05) is 0 Å². The van der Waals surface area contributed by atoms with Gasteiger partial charge in [-0.15, -0.1) is 11.8 Å².